The molecule has 0 heterocycles. The summed E-state index contributed by atoms with van der Waals surface area (Å²) in [7, 11) is 1.30. The molecule has 5 heteroatoms. The summed E-state index contributed by atoms with van der Waals surface area (Å²) in [5.41, 5.74) is 0. The van der Waals surface area contributed by atoms with E-state index in [0.29, 0.717) is 0 Å². The van der Waals surface area contributed by atoms with E-state index in [1.807, 2.05) is 0 Å². The van der Waals surface area contributed by atoms with Crippen LogP contribution in [0.3, 0.4) is 0 Å². The summed E-state index contributed by atoms with van der Waals surface area (Å²) in [4.78, 5) is 0. The van der Waals surface area contributed by atoms with Gasteiger partial charge in [-0.05, 0) is 0 Å². The van der Waals surface area contributed by atoms with E-state index in [-0.39, 0.29) is 12.8 Å². The van der Waals surface area contributed by atoms with Crippen LogP contribution in [0.15, 0.2) is 12.3 Å². The van der Waals surface area contributed by atoms with Crippen molar-refractivity contribution in [3.8, 4) is 0 Å². The molecule has 3 atom stereocenters. The molecular formula is C8H16O5. The third kappa shape index (κ3) is 5.59. The molecule has 0 aromatic heterocycles. The Labute approximate surface area is 76.9 Å². The number of aliphatic hydroxyl groups is 4. The monoisotopic (exact) mass is 192 g/mol. The van der Waals surface area contributed by atoms with Gasteiger partial charge in [0.25, 0.3) is 0 Å². The van der Waals surface area contributed by atoms with Crippen LogP contribution in [-0.2, 0) is 4.74 Å². The maximum absolute atomic E-state index is 9.22. The van der Waals surface area contributed by atoms with Gasteiger partial charge in [-0.3, -0.25) is 0 Å². The minimum atomic E-state index is -1.17. The molecule has 4 N–H and O–H groups in total. The average molecular weight is 192 g/mol. The van der Waals surface area contributed by atoms with Crippen LogP contribution in [0.25, 0.3) is 0 Å². The highest BCUT2D eigenvalue weighted by molar-refractivity contribution is 4.89. The first-order valence-electron chi connectivity index (χ1n) is 3.92. The summed E-state index contributed by atoms with van der Waals surface area (Å²) in [6, 6.07) is 0. The fourth-order valence-corrected chi connectivity index (χ4v) is 0.819. The molecule has 0 amide bonds. The van der Waals surface area contributed by atoms with E-state index in [4.69, 9.17) is 15.3 Å². The van der Waals surface area contributed by atoms with Crippen molar-refractivity contribution in [2.75, 3.05) is 7.11 Å². The fourth-order valence-electron chi connectivity index (χ4n) is 0.819. The highest BCUT2D eigenvalue weighted by atomic mass is 16.6. The summed E-state index contributed by atoms with van der Waals surface area (Å²) in [6.07, 6.45) is -3.25. The van der Waals surface area contributed by atoms with Crippen LogP contribution in [0.5, 0.6) is 0 Å². The minimum Gasteiger partial charge on any atom is -0.510 e. The third-order valence-electron chi connectivity index (χ3n) is 1.63. The number of aliphatic hydroxyl groups excluding tert-OH is 4. The van der Waals surface area contributed by atoms with Gasteiger partial charge in [-0.1, -0.05) is 6.58 Å². The number of methoxy groups -OCH3 is 1. The molecule has 0 spiro atoms. The summed E-state index contributed by atoms with van der Waals surface area (Å²) in [5.74, 6) is -0.397. The highest BCUT2D eigenvalue weighted by Crippen LogP contribution is 2.09. The van der Waals surface area contributed by atoms with Crippen molar-refractivity contribution in [2.24, 2.45) is 0 Å². The fraction of sp³-hybridized carbons (Fsp3) is 0.750. The Morgan fingerprint density at radius 2 is 1.85 bits per heavy atom. The van der Waals surface area contributed by atoms with Crippen LogP contribution >= 0.6 is 0 Å². The van der Waals surface area contributed by atoms with Crippen LogP contribution < -0.4 is 0 Å². The standard InChI is InChI=1S/C8H16O5/c1-5(9)7(11)3-6(10)4-8(12)13-2/h6-12H,1,3-4H2,2H3. The van der Waals surface area contributed by atoms with Crippen LogP contribution in [0.2, 0.25) is 0 Å². The van der Waals surface area contributed by atoms with E-state index in [9.17, 15) is 5.11 Å². The van der Waals surface area contributed by atoms with Gasteiger partial charge in [-0.25, -0.2) is 0 Å². The predicted octanol–water partition coefficient (Wildman–Crippen LogP) is -0.475. The maximum Gasteiger partial charge on any atom is 0.156 e. The van der Waals surface area contributed by atoms with Gasteiger partial charge < -0.3 is 25.2 Å². The van der Waals surface area contributed by atoms with Gasteiger partial charge in [0, 0.05) is 20.0 Å². The molecule has 0 aliphatic heterocycles. The lowest BCUT2D eigenvalue weighted by atomic mass is 10.1. The van der Waals surface area contributed by atoms with E-state index >= 15 is 0 Å². The Balaban J connectivity index is 3.73. The molecular weight excluding hydrogens is 176 g/mol. The molecule has 0 fully saturated rings. The molecule has 0 aromatic carbocycles. The van der Waals surface area contributed by atoms with Crippen molar-refractivity contribution in [1.82, 2.24) is 0 Å². The molecule has 78 valence electrons. The Morgan fingerprint density at radius 3 is 2.23 bits per heavy atom. The Kier molecular flexibility index (Phi) is 5.65. The quantitative estimate of drug-likeness (QED) is 0.337. The van der Waals surface area contributed by atoms with E-state index in [2.05, 4.69) is 11.3 Å². The first kappa shape index (κ1) is 12.4. The van der Waals surface area contributed by atoms with Crippen LogP contribution in [0.4, 0.5) is 0 Å². The summed E-state index contributed by atoms with van der Waals surface area (Å²) >= 11 is 0. The van der Waals surface area contributed by atoms with Crippen molar-refractivity contribution < 1.29 is 25.2 Å². The largest absolute Gasteiger partial charge is 0.510 e. The minimum absolute atomic E-state index is 0.0131. The molecule has 0 aromatic rings. The second-order valence-corrected chi connectivity index (χ2v) is 2.82. The van der Waals surface area contributed by atoms with E-state index in [0.717, 1.165) is 0 Å². The lowest BCUT2D eigenvalue weighted by Crippen LogP contribution is -2.24. The van der Waals surface area contributed by atoms with Crippen LogP contribution in [0, 0.1) is 0 Å². The third-order valence-corrected chi connectivity index (χ3v) is 1.63. The number of rotatable bonds is 6. The average Bonchev–Trinajstić information content (AvgIpc) is 2.03. The molecule has 0 saturated carbocycles. The van der Waals surface area contributed by atoms with Crippen molar-refractivity contribution >= 4 is 0 Å². The highest BCUT2D eigenvalue weighted by Gasteiger charge is 2.17. The van der Waals surface area contributed by atoms with Gasteiger partial charge >= 0.3 is 0 Å². The molecule has 3 unspecified atom stereocenters. The van der Waals surface area contributed by atoms with Gasteiger partial charge in [0.15, 0.2) is 6.29 Å². The van der Waals surface area contributed by atoms with E-state index in [1.54, 1.807) is 0 Å². The first-order valence-corrected chi connectivity index (χ1v) is 3.92. The predicted molar refractivity (Wildman–Crippen MR) is 46.0 cm³/mol. The van der Waals surface area contributed by atoms with Crippen molar-refractivity contribution in [3.63, 3.8) is 0 Å². The SMILES string of the molecule is C=C(O)C(O)CC(O)CC(O)OC. The molecule has 0 rings (SSSR count). The normalized spacial score (nSPS) is 17.8. The summed E-state index contributed by atoms with van der Waals surface area (Å²) in [5, 5.41) is 35.9. The lowest BCUT2D eigenvalue weighted by molar-refractivity contribution is -0.101. The molecule has 0 aliphatic rings. The Bertz CT molecular complexity index is 159. The van der Waals surface area contributed by atoms with Crippen molar-refractivity contribution in [3.05, 3.63) is 12.3 Å². The molecule has 0 saturated heterocycles. The maximum atomic E-state index is 9.22. The molecule has 13 heavy (non-hydrogen) atoms. The summed E-state index contributed by atoms with van der Waals surface area (Å²) < 4.78 is 4.49. The second-order valence-electron chi connectivity index (χ2n) is 2.82. The zero-order chi connectivity index (χ0) is 10.4. The number of ether oxygens (including phenoxy) is 1. The van der Waals surface area contributed by atoms with Crippen LogP contribution in [-0.4, -0.2) is 46.0 Å². The van der Waals surface area contributed by atoms with Gasteiger partial charge in [-0.2, -0.15) is 0 Å². The Morgan fingerprint density at radius 1 is 1.31 bits per heavy atom. The zero-order valence-electron chi connectivity index (χ0n) is 7.55. The van der Waals surface area contributed by atoms with Crippen molar-refractivity contribution in [2.45, 2.75) is 31.3 Å². The van der Waals surface area contributed by atoms with Crippen LogP contribution in [0.1, 0.15) is 12.8 Å². The summed E-state index contributed by atoms with van der Waals surface area (Å²) in [6.45, 7) is 3.11. The molecule has 0 aliphatic carbocycles. The molecule has 0 radical (unpaired) electrons. The van der Waals surface area contributed by atoms with Gasteiger partial charge in [-0.15, -0.1) is 0 Å². The topological polar surface area (TPSA) is 90.2 Å². The lowest BCUT2D eigenvalue weighted by Gasteiger charge is -2.16. The van der Waals surface area contributed by atoms with E-state index in [1.165, 1.54) is 7.11 Å². The second kappa shape index (κ2) is 5.93. The molecule has 0 bridgehead atoms. The van der Waals surface area contributed by atoms with Gasteiger partial charge in [0.2, 0.25) is 0 Å². The van der Waals surface area contributed by atoms with E-state index < -0.39 is 24.3 Å². The first-order chi connectivity index (χ1) is 5.97. The zero-order valence-corrected chi connectivity index (χ0v) is 7.55. The van der Waals surface area contributed by atoms with Gasteiger partial charge in [0.05, 0.1) is 6.10 Å². The van der Waals surface area contributed by atoms with Gasteiger partial charge in [0.1, 0.15) is 11.9 Å². The number of hydrogen-bond acceptors (Lipinski definition) is 5. The smallest absolute Gasteiger partial charge is 0.156 e. The molecule has 5 nitrogen and oxygen atoms in total. The van der Waals surface area contributed by atoms with Crippen molar-refractivity contribution in [1.29, 1.82) is 0 Å². The number of hydrogen-bond donors (Lipinski definition) is 4. The Hall–Kier alpha value is -0.620.